The quantitative estimate of drug-likeness (QED) is 0.762. The fraction of sp³-hybridized carbons (Fsp3) is 0.467. The van der Waals surface area contributed by atoms with E-state index >= 15 is 0 Å². The van der Waals surface area contributed by atoms with Gasteiger partial charge in [-0.1, -0.05) is 11.6 Å². The number of carbonyl (C=O) groups is 2. The van der Waals surface area contributed by atoms with Gasteiger partial charge in [0.2, 0.25) is 0 Å². The Kier molecular flexibility index (Phi) is 6.24. The Balaban J connectivity index is 0.00000192. The Hall–Kier alpha value is -1.34. The summed E-state index contributed by atoms with van der Waals surface area (Å²) in [4.78, 5) is 24.2. The predicted octanol–water partition coefficient (Wildman–Crippen LogP) is 1.58. The maximum absolute atomic E-state index is 12.1. The smallest absolute Gasteiger partial charge is 0.254 e. The third-order valence-electron chi connectivity index (χ3n) is 3.61. The van der Waals surface area contributed by atoms with Crippen LogP contribution in [0.5, 0.6) is 0 Å². The van der Waals surface area contributed by atoms with Gasteiger partial charge in [-0.25, -0.2) is 0 Å². The van der Waals surface area contributed by atoms with E-state index in [1.54, 1.807) is 18.2 Å². The number of nitrogens with one attached hydrogen (secondary N) is 3. The van der Waals surface area contributed by atoms with Crippen molar-refractivity contribution in [2.45, 2.75) is 25.0 Å². The lowest BCUT2D eigenvalue weighted by molar-refractivity contribution is -0.128. The van der Waals surface area contributed by atoms with E-state index in [2.05, 4.69) is 16.0 Å². The van der Waals surface area contributed by atoms with E-state index in [0.29, 0.717) is 29.4 Å². The van der Waals surface area contributed by atoms with Gasteiger partial charge in [0.1, 0.15) is 6.10 Å². The van der Waals surface area contributed by atoms with Gasteiger partial charge in [-0.15, -0.1) is 12.4 Å². The Morgan fingerprint density at radius 2 is 2.09 bits per heavy atom. The van der Waals surface area contributed by atoms with Gasteiger partial charge in [0.15, 0.2) is 0 Å². The zero-order chi connectivity index (χ0) is 15.5. The van der Waals surface area contributed by atoms with Gasteiger partial charge < -0.3 is 20.7 Å². The normalized spacial score (nSPS) is 20.3. The molecule has 0 radical (unpaired) electrons. The largest absolute Gasteiger partial charge is 0.366 e. The van der Waals surface area contributed by atoms with E-state index in [-0.39, 0.29) is 30.3 Å². The molecule has 3 rings (SSSR count). The second-order valence-electron chi connectivity index (χ2n) is 5.50. The molecule has 1 aliphatic heterocycles. The van der Waals surface area contributed by atoms with Crippen LogP contribution in [0.1, 0.15) is 23.2 Å². The van der Waals surface area contributed by atoms with Crippen LogP contribution in [0.2, 0.25) is 5.02 Å². The first-order chi connectivity index (χ1) is 10.6. The lowest BCUT2D eigenvalue weighted by Gasteiger charge is -2.22. The topological polar surface area (TPSA) is 79.5 Å². The molecule has 0 bridgehead atoms. The van der Waals surface area contributed by atoms with Crippen LogP contribution in [0, 0.1) is 0 Å². The van der Waals surface area contributed by atoms with Crippen LogP contribution in [0.25, 0.3) is 0 Å². The number of rotatable bonds is 4. The molecule has 23 heavy (non-hydrogen) atoms. The average Bonchev–Trinajstić information content (AvgIpc) is 3.34. The van der Waals surface area contributed by atoms with Crippen molar-refractivity contribution in [3.05, 3.63) is 28.8 Å². The Bertz CT molecular complexity index is 587. The van der Waals surface area contributed by atoms with E-state index < -0.39 is 6.10 Å². The summed E-state index contributed by atoms with van der Waals surface area (Å²) in [5.74, 6) is -0.442. The van der Waals surface area contributed by atoms with Gasteiger partial charge in [-0.05, 0) is 31.0 Å². The Morgan fingerprint density at radius 3 is 2.74 bits per heavy atom. The maximum Gasteiger partial charge on any atom is 0.254 e. The summed E-state index contributed by atoms with van der Waals surface area (Å²) >= 11 is 6.07. The molecule has 2 aliphatic rings. The molecule has 1 aromatic rings. The molecule has 1 aromatic carbocycles. The molecule has 2 amide bonds. The molecule has 126 valence electrons. The van der Waals surface area contributed by atoms with E-state index in [1.807, 2.05) is 0 Å². The molecule has 1 aliphatic carbocycles. The summed E-state index contributed by atoms with van der Waals surface area (Å²) < 4.78 is 5.39. The number of anilines is 1. The van der Waals surface area contributed by atoms with Crippen LogP contribution < -0.4 is 16.0 Å². The van der Waals surface area contributed by atoms with Crippen LogP contribution in [-0.4, -0.2) is 43.7 Å². The summed E-state index contributed by atoms with van der Waals surface area (Å²) in [6, 6.07) is 5.13. The van der Waals surface area contributed by atoms with Crippen molar-refractivity contribution >= 4 is 41.5 Å². The van der Waals surface area contributed by atoms with Gasteiger partial charge in [-0.2, -0.15) is 0 Å². The van der Waals surface area contributed by atoms with Crippen LogP contribution in [0.3, 0.4) is 0 Å². The first kappa shape index (κ1) is 18.0. The third-order valence-corrected chi connectivity index (χ3v) is 3.94. The second-order valence-corrected chi connectivity index (χ2v) is 5.90. The first-order valence-corrected chi connectivity index (χ1v) is 7.75. The average molecular weight is 360 g/mol. The minimum Gasteiger partial charge on any atom is -0.366 e. The van der Waals surface area contributed by atoms with Crippen LogP contribution in [-0.2, 0) is 9.53 Å². The zero-order valence-corrected chi connectivity index (χ0v) is 14.0. The molecule has 3 N–H and O–H groups in total. The second kappa shape index (κ2) is 7.97. The maximum atomic E-state index is 12.1. The molecular weight excluding hydrogens is 341 g/mol. The highest BCUT2D eigenvalue weighted by atomic mass is 35.5. The molecular formula is C15H19Cl2N3O3. The first-order valence-electron chi connectivity index (χ1n) is 7.37. The SMILES string of the molecule is Cl.O=C(NC1CC1)c1cc(NC(=O)C2CNCCO2)ccc1Cl. The van der Waals surface area contributed by atoms with Gasteiger partial charge in [0, 0.05) is 24.8 Å². The van der Waals surface area contributed by atoms with E-state index in [4.69, 9.17) is 16.3 Å². The van der Waals surface area contributed by atoms with E-state index in [9.17, 15) is 9.59 Å². The van der Waals surface area contributed by atoms with Crippen LogP contribution in [0.4, 0.5) is 5.69 Å². The molecule has 1 atom stereocenters. The molecule has 1 saturated carbocycles. The lowest BCUT2D eigenvalue weighted by Crippen LogP contribution is -2.45. The van der Waals surface area contributed by atoms with Gasteiger partial charge in [0.05, 0.1) is 17.2 Å². The van der Waals surface area contributed by atoms with Gasteiger partial charge in [0.25, 0.3) is 11.8 Å². The number of hydrogen-bond donors (Lipinski definition) is 3. The van der Waals surface area contributed by atoms with Crippen molar-refractivity contribution in [1.29, 1.82) is 0 Å². The van der Waals surface area contributed by atoms with Crippen molar-refractivity contribution in [3.63, 3.8) is 0 Å². The van der Waals surface area contributed by atoms with Crippen LogP contribution >= 0.6 is 24.0 Å². The van der Waals surface area contributed by atoms with Crippen molar-refractivity contribution < 1.29 is 14.3 Å². The minimum atomic E-state index is -0.520. The number of morpholine rings is 1. The highest BCUT2D eigenvalue weighted by Crippen LogP contribution is 2.24. The monoisotopic (exact) mass is 359 g/mol. The molecule has 8 heteroatoms. The molecule has 1 unspecified atom stereocenters. The standard InChI is InChI=1S/C15H18ClN3O3.ClH/c16-12-4-3-10(7-11(12)14(20)18-9-1-2-9)19-15(21)13-8-17-5-6-22-13;/h3-4,7,9,13,17H,1-2,5-6,8H2,(H,18,20)(H,19,21);1H. The van der Waals surface area contributed by atoms with Crippen molar-refractivity contribution in [3.8, 4) is 0 Å². The molecule has 0 spiro atoms. The van der Waals surface area contributed by atoms with Crippen molar-refractivity contribution in [2.75, 3.05) is 25.0 Å². The molecule has 1 heterocycles. The Morgan fingerprint density at radius 1 is 1.30 bits per heavy atom. The minimum absolute atomic E-state index is 0. The number of halogens is 2. The van der Waals surface area contributed by atoms with E-state index in [1.165, 1.54) is 0 Å². The van der Waals surface area contributed by atoms with Crippen molar-refractivity contribution in [2.24, 2.45) is 0 Å². The van der Waals surface area contributed by atoms with Crippen molar-refractivity contribution in [1.82, 2.24) is 10.6 Å². The fourth-order valence-electron chi connectivity index (χ4n) is 2.22. The fourth-order valence-corrected chi connectivity index (χ4v) is 2.43. The Labute approximate surface area is 145 Å². The molecule has 0 aromatic heterocycles. The predicted molar refractivity (Wildman–Crippen MR) is 90.4 cm³/mol. The van der Waals surface area contributed by atoms with Gasteiger partial charge >= 0.3 is 0 Å². The summed E-state index contributed by atoms with van der Waals surface area (Å²) in [5, 5.41) is 9.11. The highest BCUT2D eigenvalue weighted by Gasteiger charge is 2.25. The number of hydrogen-bond acceptors (Lipinski definition) is 4. The summed E-state index contributed by atoms with van der Waals surface area (Å²) in [6.07, 6.45) is 1.49. The summed E-state index contributed by atoms with van der Waals surface area (Å²) in [5.41, 5.74) is 0.901. The lowest BCUT2D eigenvalue weighted by atomic mass is 10.1. The third kappa shape index (κ3) is 4.81. The van der Waals surface area contributed by atoms with Crippen LogP contribution in [0.15, 0.2) is 18.2 Å². The van der Waals surface area contributed by atoms with E-state index in [0.717, 1.165) is 19.4 Å². The number of ether oxygens (including phenoxy) is 1. The molecule has 2 fully saturated rings. The zero-order valence-electron chi connectivity index (χ0n) is 12.4. The number of amides is 2. The summed E-state index contributed by atoms with van der Waals surface area (Å²) in [7, 11) is 0. The number of carbonyl (C=O) groups excluding carboxylic acids is 2. The molecule has 1 saturated heterocycles. The highest BCUT2D eigenvalue weighted by molar-refractivity contribution is 6.34. The summed E-state index contributed by atoms with van der Waals surface area (Å²) in [6.45, 7) is 1.73. The molecule has 6 nitrogen and oxygen atoms in total. The van der Waals surface area contributed by atoms with Gasteiger partial charge in [-0.3, -0.25) is 9.59 Å². The number of benzene rings is 1.